The third-order valence-corrected chi connectivity index (χ3v) is 4.54. The van der Waals surface area contributed by atoms with Crippen molar-refractivity contribution in [2.75, 3.05) is 19.9 Å². The van der Waals surface area contributed by atoms with E-state index >= 15 is 0 Å². The van der Waals surface area contributed by atoms with Gasteiger partial charge >= 0.3 is 0 Å². The quantitative estimate of drug-likeness (QED) is 0.812. The van der Waals surface area contributed by atoms with Crippen LogP contribution in [0.15, 0.2) is 24.3 Å². The number of benzene rings is 1. The Bertz CT molecular complexity index is 549. The SMILES string of the molecule is CCS(=O)(=O)N(C)C(C#N)c1ccccc1OC. The van der Waals surface area contributed by atoms with Crippen molar-refractivity contribution in [3.8, 4) is 11.8 Å². The molecule has 1 rings (SSSR count). The van der Waals surface area contributed by atoms with E-state index in [9.17, 15) is 13.7 Å². The van der Waals surface area contributed by atoms with Gasteiger partial charge in [0.05, 0.1) is 18.9 Å². The van der Waals surface area contributed by atoms with Crippen molar-refractivity contribution in [1.82, 2.24) is 4.31 Å². The van der Waals surface area contributed by atoms with Crippen molar-refractivity contribution < 1.29 is 13.2 Å². The number of sulfonamides is 1. The molecule has 0 N–H and O–H groups in total. The standard InChI is InChI=1S/C12H16N2O3S/c1-4-18(15,16)14(2)11(9-13)10-7-5-6-8-12(10)17-3/h5-8,11H,4H2,1-3H3. The monoisotopic (exact) mass is 268 g/mol. The van der Waals surface area contributed by atoms with Gasteiger partial charge in [-0.2, -0.15) is 9.57 Å². The minimum atomic E-state index is -3.43. The zero-order valence-corrected chi connectivity index (χ0v) is 11.4. The van der Waals surface area contributed by atoms with Crippen LogP contribution in [-0.4, -0.2) is 32.6 Å². The topological polar surface area (TPSA) is 70.4 Å². The molecule has 1 aromatic carbocycles. The van der Waals surface area contributed by atoms with Crippen LogP contribution in [0.4, 0.5) is 0 Å². The molecule has 0 aromatic heterocycles. The number of nitriles is 1. The summed E-state index contributed by atoms with van der Waals surface area (Å²) >= 11 is 0. The van der Waals surface area contributed by atoms with Gasteiger partial charge in [-0.3, -0.25) is 0 Å². The zero-order chi connectivity index (χ0) is 13.8. The average molecular weight is 268 g/mol. The maximum Gasteiger partial charge on any atom is 0.215 e. The number of nitrogens with zero attached hydrogens (tertiary/aromatic N) is 2. The fraction of sp³-hybridized carbons (Fsp3) is 0.417. The summed E-state index contributed by atoms with van der Waals surface area (Å²) < 4.78 is 29.8. The Balaban J connectivity index is 3.24. The summed E-state index contributed by atoms with van der Waals surface area (Å²) in [6.07, 6.45) is 0. The number of ether oxygens (including phenoxy) is 1. The minimum absolute atomic E-state index is 0.0448. The molecule has 0 fully saturated rings. The summed E-state index contributed by atoms with van der Waals surface area (Å²) in [6.45, 7) is 1.54. The van der Waals surface area contributed by atoms with Crippen LogP contribution in [0.3, 0.4) is 0 Å². The first-order valence-corrected chi connectivity index (χ1v) is 7.07. The lowest BCUT2D eigenvalue weighted by Crippen LogP contribution is -2.32. The Kier molecular flexibility index (Phi) is 4.70. The summed E-state index contributed by atoms with van der Waals surface area (Å²) in [4.78, 5) is 0. The summed E-state index contributed by atoms with van der Waals surface area (Å²) in [6, 6.07) is 8.02. The lowest BCUT2D eigenvalue weighted by atomic mass is 10.1. The Hall–Kier alpha value is -1.58. The minimum Gasteiger partial charge on any atom is -0.496 e. The third kappa shape index (κ3) is 2.81. The molecule has 0 aliphatic rings. The van der Waals surface area contributed by atoms with Crippen LogP contribution < -0.4 is 4.74 Å². The van der Waals surface area contributed by atoms with Gasteiger partial charge in [0, 0.05) is 12.6 Å². The predicted octanol–water partition coefficient (Wildman–Crippen LogP) is 1.54. The highest BCUT2D eigenvalue weighted by Crippen LogP contribution is 2.29. The predicted molar refractivity (Wildman–Crippen MR) is 68.6 cm³/mol. The molecule has 0 saturated carbocycles. The third-order valence-electron chi connectivity index (χ3n) is 2.72. The van der Waals surface area contributed by atoms with Gasteiger partial charge in [0.2, 0.25) is 10.0 Å². The van der Waals surface area contributed by atoms with Crippen LogP contribution in [0.25, 0.3) is 0 Å². The van der Waals surface area contributed by atoms with E-state index in [0.29, 0.717) is 11.3 Å². The average Bonchev–Trinajstić information content (AvgIpc) is 2.40. The van der Waals surface area contributed by atoms with Gasteiger partial charge in [0.15, 0.2) is 0 Å². The summed E-state index contributed by atoms with van der Waals surface area (Å²) in [5.74, 6) is 0.457. The van der Waals surface area contributed by atoms with Crippen LogP contribution in [0.1, 0.15) is 18.5 Å². The fourth-order valence-corrected chi connectivity index (χ4v) is 2.49. The molecule has 0 aliphatic carbocycles. The van der Waals surface area contributed by atoms with Crippen molar-refractivity contribution >= 4 is 10.0 Å². The van der Waals surface area contributed by atoms with Crippen LogP contribution in [0.2, 0.25) is 0 Å². The molecule has 0 bridgehead atoms. The first kappa shape index (κ1) is 14.5. The summed E-state index contributed by atoms with van der Waals surface area (Å²) in [5.41, 5.74) is 0.544. The van der Waals surface area contributed by atoms with E-state index in [-0.39, 0.29) is 5.75 Å². The second-order valence-electron chi connectivity index (χ2n) is 3.69. The molecule has 0 saturated heterocycles. The molecule has 5 nitrogen and oxygen atoms in total. The smallest absolute Gasteiger partial charge is 0.215 e. The molecular weight excluding hydrogens is 252 g/mol. The largest absolute Gasteiger partial charge is 0.496 e. The molecule has 0 radical (unpaired) electrons. The number of methoxy groups -OCH3 is 1. The van der Waals surface area contributed by atoms with Crippen LogP contribution in [-0.2, 0) is 10.0 Å². The van der Waals surface area contributed by atoms with Gasteiger partial charge < -0.3 is 4.74 Å². The van der Waals surface area contributed by atoms with E-state index in [4.69, 9.17) is 4.74 Å². The van der Waals surface area contributed by atoms with E-state index in [0.717, 1.165) is 4.31 Å². The Morgan fingerprint density at radius 1 is 1.44 bits per heavy atom. The van der Waals surface area contributed by atoms with E-state index in [1.54, 1.807) is 31.2 Å². The molecule has 0 heterocycles. The fourth-order valence-electron chi connectivity index (χ4n) is 1.60. The first-order chi connectivity index (χ1) is 8.47. The van der Waals surface area contributed by atoms with Crippen molar-refractivity contribution in [2.24, 2.45) is 0 Å². The van der Waals surface area contributed by atoms with E-state index in [2.05, 4.69) is 0 Å². The van der Waals surface area contributed by atoms with Gasteiger partial charge in [0.25, 0.3) is 0 Å². The number of para-hydroxylation sites is 1. The Labute approximate surface area is 108 Å². The molecule has 1 unspecified atom stereocenters. The number of hydrogen-bond acceptors (Lipinski definition) is 4. The van der Waals surface area contributed by atoms with E-state index < -0.39 is 16.1 Å². The van der Waals surface area contributed by atoms with Crippen LogP contribution in [0, 0.1) is 11.3 Å². The van der Waals surface area contributed by atoms with Crippen molar-refractivity contribution in [2.45, 2.75) is 13.0 Å². The summed E-state index contributed by atoms with van der Waals surface area (Å²) in [7, 11) is -0.538. The zero-order valence-electron chi connectivity index (χ0n) is 10.6. The van der Waals surface area contributed by atoms with Crippen molar-refractivity contribution in [3.63, 3.8) is 0 Å². The second kappa shape index (κ2) is 5.85. The van der Waals surface area contributed by atoms with Gasteiger partial charge in [-0.25, -0.2) is 8.42 Å². The normalized spacial score (nSPS) is 13.1. The lowest BCUT2D eigenvalue weighted by Gasteiger charge is -2.23. The second-order valence-corrected chi connectivity index (χ2v) is 6.01. The van der Waals surface area contributed by atoms with Gasteiger partial charge in [-0.15, -0.1) is 0 Å². The van der Waals surface area contributed by atoms with Gasteiger partial charge in [-0.05, 0) is 13.0 Å². The van der Waals surface area contributed by atoms with Crippen molar-refractivity contribution in [3.05, 3.63) is 29.8 Å². The molecule has 18 heavy (non-hydrogen) atoms. The highest BCUT2D eigenvalue weighted by Gasteiger charge is 2.28. The highest BCUT2D eigenvalue weighted by atomic mass is 32.2. The maximum absolute atomic E-state index is 11.8. The maximum atomic E-state index is 11.8. The van der Waals surface area contributed by atoms with Crippen LogP contribution in [0.5, 0.6) is 5.75 Å². The summed E-state index contributed by atoms with van der Waals surface area (Å²) in [5, 5.41) is 9.22. The molecule has 1 atom stereocenters. The first-order valence-electron chi connectivity index (χ1n) is 5.46. The molecule has 1 aromatic rings. The van der Waals surface area contributed by atoms with Crippen molar-refractivity contribution in [1.29, 1.82) is 5.26 Å². The molecule has 6 heteroatoms. The molecule has 98 valence electrons. The Morgan fingerprint density at radius 3 is 2.56 bits per heavy atom. The highest BCUT2D eigenvalue weighted by molar-refractivity contribution is 7.89. The molecular formula is C12H16N2O3S. The molecule has 0 amide bonds. The van der Waals surface area contributed by atoms with Gasteiger partial charge in [-0.1, -0.05) is 18.2 Å². The molecule has 0 aliphatic heterocycles. The van der Waals surface area contributed by atoms with Crippen LogP contribution >= 0.6 is 0 Å². The van der Waals surface area contributed by atoms with Gasteiger partial charge in [0.1, 0.15) is 11.8 Å². The number of hydrogen-bond donors (Lipinski definition) is 0. The lowest BCUT2D eigenvalue weighted by molar-refractivity contribution is 0.386. The van der Waals surface area contributed by atoms with E-state index in [1.165, 1.54) is 14.2 Å². The number of rotatable bonds is 5. The van der Waals surface area contributed by atoms with E-state index in [1.807, 2.05) is 6.07 Å². The molecule has 0 spiro atoms. The Morgan fingerprint density at radius 2 is 2.06 bits per heavy atom.